The summed E-state index contributed by atoms with van der Waals surface area (Å²) in [6.45, 7) is 2.59. The van der Waals surface area contributed by atoms with Gasteiger partial charge in [0, 0.05) is 18.8 Å². The van der Waals surface area contributed by atoms with Gasteiger partial charge in [-0.1, -0.05) is 48.5 Å². The van der Waals surface area contributed by atoms with Crippen LogP contribution in [0.15, 0.2) is 97.1 Å². The molecule has 4 aromatic carbocycles. The Morgan fingerprint density at radius 2 is 1.40 bits per heavy atom. The SMILES string of the molecule is Cc1c(NS(C)(=O)=O)cccc1N(Cc1ccccc1)Cc1ccc(Oc2ccc(OCC(=O)N[C@@H](CC(N)=O)C(=O)O)cc2)cc1. The molecule has 13 heteroatoms. The molecular weight excluding hydrogens is 624 g/mol. The Kier molecular flexibility index (Phi) is 11.4. The molecule has 4 rings (SSSR count). The van der Waals surface area contributed by atoms with E-state index in [1.54, 1.807) is 30.3 Å². The fraction of sp³-hybridized carbons (Fsp3) is 0.206. The number of rotatable bonds is 16. The summed E-state index contributed by atoms with van der Waals surface area (Å²) in [4.78, 5) is 36.5. The van der Waals surface area contributed by atoms with Crippen LogP contribution in [-0.2, 0) is 37.5 Å². The maximum absolute atomic E-state index is 12.1. The first-order chi connectivity index (χ1) is 22.4. The van der Waals surface area contributed by atoms with Gasteiger partial charge >= 0.3 is 5.97 Å². The van der Waals surface area contributed by atoms with Crippen molar-refractivity contribution in [2.24, 2.45) is 5.73 Å². The summed E-state index contributed by atoms with van der Waals surface area (Å²) in [7, 11) is -3.45. The number of anilines is 2. The van der Waals surface area contributed by atoms with Crippen molar-refractivity contribution in [3.05, 3.63) is 114 Å². The number of nitrogens with zero attached hydrogens (tertiary/aromatic N) is 1. The number of carboxylic acid groups (broad SMARTS) is 1. The number of amides is 2. The summed E-state index contributed by atoms with van der Waals surface area (Å²) in [5.74, 6) is -1.46. The van der Waals surface area contributed by atoms with Crippen molar-refractivity contribution in [1.29, 1.82) is 0 Å². The number of primary amides is 1. The number of ether oxygens (including phenoxy) is 2. The van der Waals surface area contributed by atoms with E-state index in [1.807, 2.05) is 73.7 Å². The predicted octanol–water partition coefficient (Wildman–Crippen LogP) is 4.19. The quantitative estimate of drug-likeness (QED) is 0.137. The van der Waals surface area contributed by atoms with Gasteiger partial charge in [0.15, 0.2) is 6.61 Å². The smallest absolute Gasteiger partial charge is 0.326 e. The highest BCUT2D eigenvalue weighted by Crippen LogP contribution is 2.31. The van der Waals surface area contributed by atoms with E-state index in [1.165, 1.54) is 0 Å². The van der Waals surface area contributed by atoms with Crippen LogP contribution in [0.5, 0.6) is 17.2 Å². The molecule has 0 aromatic heterocycles. The molecule has 0 saturated carbocycles. The number of carboxylic acids is 1. The van der Waals surface area contributed by atoms with Crippen LogP contribution in [0, 0.1) is 6.92 Å². The van der Waals surface area contributed by atoms with E-state index in [0.29, 0.717) is 36.0 Å². The molecule has 0 radical (unpaired) electrons. The van der Waals surface area contributed by atoms with Gasteiger partial charge in [0.25, 0.3) is 5.91 Å². The van der Waals surface area contributed by atoms with Gasteiger partial charge in [-0.2, -0.15) is 0 Å². The van der Waals surface area contributed by atoms with E-state index in [2.05, 4.69) is 14.9 Å². The predicted molar refractivity (Wildman–Crippen MR) is 178 cm³/mol. The largest absolute Gasteiger partial charge is 0.484 e. The van der Waals surface area contributed by atoms with Crippen LogP contribution in [0.3, 0.4) is 0 Å². The van der Waals surface area contributed by atoms with Crippen LogP contribution in [-0.4, -0.2) is 50.2 Å². The van der Waals surface area contributed by atoms with Gasteiger partial charge in [-0.25, -0.2) is 13.2 Å². The molecule has 1 atom stereocenters. The lowest BCUT2D eigenvalue weighted by molar-refractivity contribution is -0.143. The van der Waals surface area contributed by atoms with Crippen molar-refractivity contribution in [2.75, 3.05) is 22.5 Å². The van der Waals surface area contributed by atoms with Crippen molar-refractivity contribution < 1.29 is 37.4 Å². The van der Waals surface area contributed by atoms with Gasteiger partial charge in [0.2, 0.25) is 15.9 Å². The molecule has 2 amide bonds. The summed E-state index contributed by atoms with van der Waals surface area (Å²) in [6.07, 6.45) is 0.600. The lowest BCUT2D eigenvalue weighted by Gasteiger charge is -2.28. The maximum Gasteiger partial charge on any atom is 0.326 e. The fourth-order valence-corrected chi connectivity index (χ4v) is 5.34. The van der Waals surface area contributed by atoms with E-state index in [4.69, 9.17) is 20.3 Å². The van der Waals surface area contributed by atoms with Crippen LogP contribution in [0.4, 0.5) is 11.4 Å². The summed E-state index contributed by atoms with van der Waals surface area (Å²) in [5, 5.41) is 11.3. The molecule has 0 fully saturated rings. The topological polar surface area (TPSA) is 177 Å². The molecule has 246 valence electrons. The number of hydrogen-bond donors (Lipinski definition) is 4. The number of sulfonamides is 1. The number of aliphatic carboxylic acids is 1. The first-order valence-corrected chi connectivity index (χ1v) is 16.4. The van der Waals surface area contributed by atoms with Crippen LogP contribution in [0.25, 0.3) is 0 Å². The first kappa shape index (κ1) is 34.3. The number of benzene rings is 4. The van der Waals surface area contributed by atoms with Gasteiger partial charge < -0.3 is 30.5 Å². The Bertz CT molecular complexity index is 1800. The minimum absolute atomic E-state index is 0.356. The molecule has 0 aliphatic heterocycles. The number of carbonyl (C=O) groups is 3. The molecule has 0 aliphatic carbocycles. The highest BCUT2D eigenvalue weighted by Gasteiger charge is 2.22. The molecule has 4 aromatic rings. The number of nitrogens with one attached hydrogen (secondary N) is 2. The zero-order valence-electron chi connectivity index (χ0n) is 25.9. The van der Waals surface area contributed by atoms with Crippen molar-refractivity contribution >= 4 is 39.2 Å². The second-order valence-electron chi connectivity index (χ2n) is 10.8. The van der Waals surface area contributed by atoms with Crippen molar-refractivity contribution in [2.45, 2.75) is 32.5 Å². The van der Waals surface area contributed by atoms with E-state index >= 15 is 0 Å². The highest BCUT2D eigenvalue weighted by molar-refractivity contribution is 7.92. The molecule has 0 aliphatic rings. The van der Waals surface area contributed by atoms with Crippen LogP contribution in [0.1, 0.15) is 23.1 Å². The number of carbonyl (C=O) groups excluding carboxylic acids is 2. The third kappa shape index (κ3) is 10.8. The van der Waals surface area contributed by atoms with Crippen molar-refractivity contribution in [1.82, 2.24) is 5.32 Å². The average molecular weight is 661 g/mol. The summed E-state index contributed by atoms with van der Waals surface area (Å²) in [5.41, 5.74) is 9.38. The van der Waals surface area contributed by atoms with Crippen LogP contribution < -0.4 is 30.1 Å². The van der Waals surface area contributed by atoms with Gasteiger partial charge in [-0.3, -0.25) is 14.3 Å². The van der Waals surface area contributed by atoms with Gasteiger partial charge in [0.05, 0.1) is 18.4 Å². The molecule has 0 unspecified atom stereocenters. The highest BCUT2D eigenvalue weighted by atomic mass is 32.2. The van der Waals surface area contributed by atoms with E-state index in [9.17, 15) is 22.8 Å². The normalized spacial score (nSPS) is 11.6. The van der Waals surface area contributed by atoms with E-state index in [-0.39, 0.29) is 0 Å². The van der Waals surface area contributed by atoms with Crippen molar-refractivity contribution in [3.63, 3.8) is 0 Å². The van der Waals surface area contributed by atoms with E-state index in [0.717, 1.165) is 28.6 Å². The Morgan fingerprint density at radius 1 is 0.830 bits per heavy atom. The Morgan fingerprint density at radius 3 is 1.98 bits per heavy atom. The van der Waals surface area contributed by atoms with Gasteiger partial charge in [0.1, 0.15) is 23.3 Å². The zero-order chi connectivity index (χ0) is 34.0. The molecule has 0 saturated heterocycles. The molecule has 5 N–H and O–H groups in total. The lowest BCUT2D eigenvalue weighted by Crippen LogP contribution is -2.45. The Balaban J connectivity index is 1.40. The average Bonchev–Trinajstić information content (AvgIpc) is 3.02. The Labute approximate surface area is 273 Å². The molecule has 0 spiro atoms. The van der Waals surface area contributed by atoms with E-state index < -0.39 is 46.9 Å². The third-order valence-corrected chi connectivity index (χ3v) is 7.51. The first-order valence-electron chi connectivity index (χ1n) is 14.5. The molecule has 0 bridgehead atoms. The maximum atomic E-state index is 12.1. The van der Waals surface area contributed by atoms with Crippen LogP contribution >= 0.6 is 0 Å². The third-order valence-electron chi connectivity index (χ3n) is 6.92. The fourth-order valence-electron chi connectivity index (χ4n) is 4.72. The zero-order valence-corrected chi connectivity index (χ0v) is 26.7. The molecule has 0 heterocycles. The van der Waals surface area contributed by atoms with Gasteiger partial charge in [-0.15, -0.1) is 0 Å². The standard InChI is InChI=1S/C34H36N4O8S/c1-23-29(37-47(2,43)44)9-6-10-31(23)38(20-24-7-4-3-5-8-24)21-25-11-13-27(14-12-25)46-28-17-15-26(16-18-28)45-22-33(40)36-30(34(41)42)19-32(35)39/h3-18,30,37H,19-22H2,1-2H3,(H2,35,39)(H,36,40)(H,41,42)/t30-/m0/s1. The summed E-state index contributed by atoms with van der Waals surface area (Å²) in [6, 6.07) is 28.3. The Hall–Kier alpha value is -5.56. The summed E-state index contributed by atoms with van der Waals surface area (Å²) < 4.78 is 37.9. The minimum atomic E-state index is -3.45. The lowest BCUT2D eigenvalue weighted by atomic mass is 10.1. The number of nitrogens with two attached hydrogens (primary N) is 1. The number of hydrogen-bond acceptors (Lipinski definition) is 8. The molecule has 47 heavy (non-hydrogen) atoms. The van der Waals surface area contributed by atoms with Crippen LogP contribution in [0.2, 0.25) is 0 Å². The summed E-state index contributed by atoms with van der Waals surface area (Å²) >= 11 is 0. The van der Waals surface area contributed by atoms with Crippen molar-refractivity contribution in [3.8, 4) is 17.2 Å². The molecule has 12 nitrogen and oxygen atoms in total. The second kappa shape index (κ2) is 15.6. The minimum Gasteiger partial charge on any atom is -0.484 e. The monoisotopic (exact) mass is 660 g/mol. The molecular formula is C34H36N4O8S. The van der Waals surface area contributed by atoms with Gasteiger partial charge in [-0.05, 0) is 72.1 Å². The second-order valence-corrected chi connectivity index (χ2v) is 12.5.